The number of thiophene rings is 1. The van der Waals surface area contributed by atoms with Crippen LogP contribution in [-0.2, 0) is 11.2 Å². The maximum Gasteiger partial charge on any atom is 0.0587 e. The number of rotatable bonds is 9. The van der Waals surface area contributed by atoms with E-state index < -0.39 is 0 Å². The summed E-state index contributed by atoms with van der Waals surface area (Å²) in [6.45, 7) is 4.99. The van der Waals surface area contributed by atoms with Crippen LogP contribution in [0.1, 0.15) is 4.88 Å². The van der Waals surface area contributed by atoms with Crippen molar-refractivity contribution in [2.24, 2.45) is 0 Å². The zero-order valence-electron chi connectivity index (χ0n) is 10.2. The Balaban J connectivity index is 1.96. The predicted octanol–water partition coefficient (Wildman–Crippen LogP) is 1.46. The molecule has 0 aliphatic heterocycles. The summed E-state index contributed by atoms with van der Waals surface area (Å²) in [5.74, 6) is 0. The van der Waals surface area contributed by atoms with Gasteiger partial charge in [-0.3, -0.25) is 0 Å². The molecule has 1 aromatic rings. The predicted molar refractivity (Wildman–Crippen MR) is 70.3 cm³/mol. The lowest BCUT2D eigenvalue weighted by molar-refractivity contribution is 0.198. The minimum absolute atomic E-state index is 0.791. The first-order valence-electron chi connectivity index (χ1n) is 5.73. The van der Waals surface area contributed by atoms with Crippen molar-refractivity contribution in [1.82, 2.24) is 10.2 Å². The molecule has 0 bridgehead atoms. The molecule has 16 heavy (non-hydrogen) atoms. The highest BCUT2D eigenvalue weighted by atomic mass is 32.1. The third-order valence-corrected chi connectivity index (χ3v) is 3.41. The van der Waals surface area contributed by atoms with E-state index in [1.54, 1.807) is 7.11 Å². The van der Waals surface area contributed by atoms with Crippen LogP contribution < -0.4 is 5.32 Å². The largest absolute Gasteiger partial charge is 0.383 e. The van der Waals surface area contributed by atoms with Gasteiger partial charge in [-0.25, -0.2) is 0 Å². The molecule has 0 spiro atoms. The van der Waals surface area contributed by atoms with Crippen LogP contribution in [0.15, 0.2) is 17.5 Å². The van der Waals surface area contributed by atoms with Crippen molar-refractivity contribution in [2.45, 2.75) is 6.42 Å². The molecule has 0 unspecified atom stereocenters. The van der Waals surface area contributed by atoms with Crippen molar-refractivity contribution >= 4 is 11.3 Å². The first-order chi connectivity index (χ1) is 7.83. The van der Waals surface area contributed by atoms with Gasteiger partial charge in [-0.15, -0.1) is 11.3 Å². The van der Waals surface area contributed by atoms with E-state index in [1.165, 1.54) is 4.88 Å². The number of nitrogens with one attached hydrogen (secondary N) is 1. The molecule has 0 aliphatic carbocycles. The maximum absolute atomic E-state index is 4.97. The van der Waals surface area contributed by atoms with Crippen LogP contribution in [-0.4, -0.2) is 51.8 Å². The minimum Gasteiger partial charge on any atom is -0.383 e. The molecule has 92 valence electrons. The molecule has 1 aromatic heterocycles. The lowest BCUT2D eigenvalue weighted by atomic mass is 10.3. The summed E-state index contributed by atoms with van der Waals surface area (Å²) >= 11 is 1.84. The summed E-state index contributed by atoms with van der Waals surface area (Å²) in [6, 6.07) is 4.32. The number of nitrogens with zero attached hydrogens (tertiary/aromatic N) is 1. The second-order valence-electron chi connectivity index (χ2n) is 3.88. The molecule has 1 heterocycles. The third kappa shape index (κ3) is 6.23. The average molecular weight is 242 g/mol. The second-order valence-corrected chi connectivity index (χ2v) is 4.91. The smallest absolute Gasteiger partial charge is 0.0587 e. The minimum atomic E-state index is 0.791. The maximum atomic E-state index is 4.97. The summed E-state index contributed by atoms with van der Waals surface area (Å²) in [4.78, 5) is 3.83. The van der Waals surface area contributed by atoms with E-state index >= 15 is 0 Å². The number of likely N-dealkylation sites (N-methyl/N-ethyl adjacent to an activating group) is 1. The molecule has 0 radical (unpaired) electrons. The lowest BCUT2D eigenvalue weighted by Gasteiger charge is -2.16. The Morgan fingerprint density at radius 1 is 1.38 bits per heavy atom. The van der Waals surface area contributed by atoms with Crippen molar-refractivity contribution in [3.8, 4) is 0 Å². The fourth-order valence-corrected chi connectivity index (χ4v) is 2.14. The summed E-state index contributed by atoms with van der Waals surface area (Å²) < 4.78 is 4.97. The van der Waals surface area contributed by atoms with E-state index in [0.29, 0.717) is 0 Å². The molecule has 0 saturated heterocycles. The van der Waals surface area contributed by atoms with E-state index in [4.69, 9.17) is 4.74 Å². The molecule has 0 fully saturated rings. The highest BCUT2D eigenvalue weighted by Crippen LogP contribution is 2.09. The molecule has 1 N–H and O–H groups in total. The van der Waals surface area contributed by atoms with Gasteiger partial charge < -0.3 is 15.0 Å². The Morgan fingerprint density at radius 2 is 2.25 bits per heavy atom. The second kappa shape index (κ2) is 8.70. The van der Waals surface area contributed by atoms with Gasteiger partial charge in [-0.05, 0) is 24.9 Å². The molecule has 0 atom stereocenters. The van der Waals surface area contributed by atoms with Crippen molar-refractivity contribution in [3.63, 3.8) is 0 Å². The van der Waals surface area contributed by atoms with E-state index in [-0.39, 0.29) is 0 Å². The third-order valence-electron chi connectivity index (χ3n) is 2.47. The normalized spacial score (nSPS) is 11.2. The van der Waals surface area contributed by atoms with Crippen molar-refractivity contribution in [2.75, 3.05) is 46.9 Å². The fourth-order valence-electron chi connectivity index (χ4n) is 1.44. The number of hydrogen-bond acceptors (Lipinski definition) is 4. The van der Waals surface area contributed by atoms with Crippen LogP contribution in [0.2, 0.25) is 0 Å². The Hall–Kier alpha value is -0.420. The van der Waals surface area contributed by atoms with Gasteiger partial charge in [0.1, 0.15) is 0 Å². The Bertz CT molecular complexity index is 252. The van der Waals surface area contributed by atoms with Crippen molar-refractivity contribution in [1.29, 1.82) is 0 Å². The van der Waals surface area contributed by atoms with Gasteiger partial charge in [0, 0.05) is 38.2 Å². The topological polar surface area (TPSA) is 24.5 Å². The summed E-state index contributed by atoms with van der Waals surface area (Å²) in [7, 11) is 3.90. The monoisotopic (exact) mass is 242 g/mol. The fraction of sp³-hybridized carbons (Fsp3) is 0.667. The highest BCUT2D eigenvalue weighted by molar-refractivity contribution is 7.09. The van der Waals surface area contributed by atoms with Crippen molar-refractivity contribution in [3.05, 3.63) is 22.4 Å². The van der Waals surface area contributed by atoms with Gasteiger partial charge in [0.2, 0.25) is 0 Å². The molecule has 3 nitrogen and oxygen atoms in total. The van der Waals surface area contributed by atoms with Gasteiger partial charge in [0.15, 0.2) is 0 Å². The first kappa shape index (κ1) is 13.6. The molecule has 0 saturated carbocycles. The SMILES string of the molecule is COCCNCCN(C)CCc1cccs1. The van der Waals surface area contributed by atoms with E-state index in [2.05, 4.69) is 34.8 Å². The van der Waals surface area contributed by atoms with E-state index in [0.717, 1.165) is 39.2 Å². The number of hydrogen-bond donors (Lipinski definition) is 1. The summed E-state index contributed by atoms with van der Waals surface area (Å²) in [5, 5.41) is 5.49. The van der Waals surface area contributed by atoms with Gasteiger partial charge in [0.05, 0.1) is 6.61 Å². The molecule has 4 heteroatoms. The van der Waals surface area contributed by atoms with Crippen molar-refractivity contribution < 1.29 is 4.74 Å². The van der Waals surface area contributed by atoms with Crippen LogP contribution in [0.25, 0.3) is 0 Å². The van der Waals surface area contributed by atoms with Crippen LogP contribution in [0.5, 0.6) is 0 Å². The van der Waals surface area contributed by atoms with Crippen LogP contribution in [0.4, 0.5) is 0 Å². The van der Waals surface area contributed by atoms with Crippen LogP contribution in [0.3, 0.4) is 0 Å². The molecule has 0 aliphatic rings. The van der Waals surface area contributed by atoms with Crippen LogP contribution >= 0.6 is 11.3 Å². The number of methoxy groups -OCH3 is 1. The zero-order chi connectivity index (χ0) is 11.6. The Kier molecular flexibility index (Phi) is 7.42. The van der Waals surface area contributed by atoms with E-state index in [1.807, 2.05) is 11.3 Å². The molecular formula is C12H22N2OS. The van der Waals surface area contributed by atoms with Gasteiger partial charge in [-0.1, -0.05) is 6.07 Å². The number of ether oxygens (including phenoxy) is 1. The van der Waals surface area contributed by atoms with Gasteiger partial charge in [-0.2, -0.15) is 0 Å². The molecular weight excluding hydrogens is 220 g/mol. The molecule has 1 rings (SSSR count). The van der Waals surface area contributed by atoms with Crippen LogP contribution in [0, 0.1) is 0 Å². The highest BCUT2D eigenvalue weighted by Gasteiger charge is 1.99. The molecule has 0 amide bonds. The molecule has 0 aromatic carbocycles. The Morgan fingerprint density at radius 3 is 2.94 bits per heavy atom. The zero-order valence-corrected chi connectivity index (χ0v) is 11.1. The van der Waals surface area contributed by atoms with Gasteiger partial charge in [0.25, 0.3) is 0 Å². The standard InChI is InChI=1S/C12H22N2OS/c1-14(9-6-13-7-10-15-2)8-5-12-4-3-11-16-12/h3-4,11,13H,5-10H2,1-2H3. The van der Waals surface area contributed by atoms with E-state index in [9.17, 15) is 0 Å². The summed E-state index contributed by atoms with van der Waals surface area (Å²) in [6.07, 6.45) is 1.16. The first-order valence-corrected chi connectivity index (χ1v) is 6.61. The average Bonchev–Trinajstić information content (AvgIpc) is 2.79. The lowest BCUT2D eigenvalue weighted by Crippen LogP contribution is -2.32. The summed E-state index contributed by atoms with van der Waals surface area (Å²) in [5.41, 5.74) is 0. The quantitative estimate of drug-likeness (QED) is 0.664. The van der Waals surface area contributed by atoms with Gasteiger partial charge >= 0.3 is 0 Å². The Labute approximate surface area is 102 Å².